The fourth-order valence-corrected chi connectivity index (χ4v) is 4.13. The number of halogens is 2. The van der Waals surface area contributed by atoms with Gasteiger partial charge in [0.1, 0.15) is 37.5 Å². The summed E-state index contributed by atoms with van der Waals surface area (Å²) in [5.41, 5.74) is 9.55. The number of aliphatic hydroxyl groups excluding tert-OH is 2. The van der Waals surface area contributed by atoms with E-state index >= 15 is 0 Å². The molecule has 37 heavy (non-hydrogen) atoms. The monoisotopic (exact) mass is 528 g/mol. The van der Waals surface area contributed by atoms with Crippen molar-refractivity contribution in [1.29, 1.82) is 0 Å². The predicted molar refractivity (Wildman–Crippen MR) is 117 cm³/mol. The van der Waals surface area contributed by atoms with Gasteiger partial charge >= 0.3 is 11.6 Å². The maximum atomic E-state index is 14.6. The van der Waals surface area contributed by atoms with Gasteiger partial charge in [0.15, 0.2) is 17.3 Å². The number of rotatable bonds is 7. The standard InChI is InChI=1S/C19H22F2N8O8/c20-19(21)13(31)9(37-16(19)28-2-1-10(22)25-18(28)33)5-35-34-4-8-7(30)3-11(36-8)29-6-24-12-14(29)26-17(23)27-15(12)32/h1-2,6-9,11,13,16,30-31H,3-5H2,(H2,22,25,33)(H3,23,26,27,32)/t7-,8+,9+,11+,13+,16+/m0/s1. The van der Waals surface area contributed by atoms with E-state index in [4.69, 9.17) is 30.7 Å². The number of nitrogens with zero attached hydrogens (tertiary/aromatic N) is 5. The van der Waals surface area contributed by atoms with Crippen LogP contribution >= 0.6 is 0 Å². The Morgan fingerprint density at radius 3 is 2.59 bits per heavy atom. The summed E-state index contributed by atoms with van der Waals surface area (Å²) in [5, 5.41) is 20.4. The minimum atomic E-state index is -3.85. The van der Waals surface area contributed by atoms with Gasteiger partial charge in [0.05, 0.1) is 12.4 Å². The Hall–Kier alpha value is -3.55. The molecule has 2 fully saturated rings. The molecule has 0 amide bonds. The van der Waals surface area contributed by atoms with Crippen LogP contribution in [0.15, 0.2) is 28.2 Å². The van der Waals surface area contributed by atoms with Crippen molar-refractivity contribution < 1.29 is 38.2 Å². The van der Waals surface area contributed by atoms with Crippen molar-refractivity contribution in [2.45, 2.75) is 49.2 Å². The molecule has 200 valence electrons. The largest absolute Gasteiger partial charge is 0.390 e. The molecule has 3 aromatic heterocycles. The van der Waals surface area contributed by atoms with Crippen molar-refractivity contribution >= 4 is 22.9 Å². The average Bonchev–Trinajstić information content (AvgIpc) is 3.47. The van der Waals surface area contributed by atoms with Gasteiger partial charge in [0, 0.05) is 12.6 Å². The normalized spacial score (nSPS) is 29.3. The smallest absolute Gasteiger partial charge is 0.351 e. The van der Waals surface area contributed by atoms with Crippen LogP contribution < -0.4 is 22.7 Å². The van der Waals surface area contributed by atoms with E-state index in [1.54, 1.807) is 0 Å². The first-order valence-corrected chi connectivity index (χ1v) is 10.9. The summed E-state index contributed by atoms with van der Waals surface area (Å²) in [6.45, 7) is -0.945. The summed E-state index contributed by atoms with van der Waals surface area (Å²) in [6, 6.07) is 1.13. The third kappa shape index (κ3) is 4.54. The molecule has 0 saturated carbocycles. The third-order valence-corrected chi connectivity index (χ3v) is 6.00. The molecule has 0 unspecified atom stereocenters. The molecule has 0 radical (unpaired) electrons. The Morgan fingerprint density at radius 2 is 1.86 bits per heavy atom. The van der Waals surface area contributed by atoms with Gasteiger partial charge in [0.2, 0.25) is 12.2 Å². The Balaban J connectivity index is 1.17. The number of nitrogens with two attached hydrogens (primary N) is 2. The lowest BCUT2D eigenvalue weighted by molar-refractivity contribution is -0.323. The van der Waals surface area contributed by atoms with E-state index in [0.29, 0.717) is 4.57 Å². The van der Waals surface area contributed by atoms with Crippen molar-refractivity contribution in [2.24, 2.45) is 0 Å². The van der Waals surface area contributed by atoms with Crippen LogP contribution in [0.1, 0.15) is 18.9 Å². The molecule has 5 rings (SSSR count). The van der Waals surface area contributed by atoms with E-state index in [0.717, 1.165) is 12.3 Å². The molecule has 2 aliphatic rings. The Labute approximate surface area is 204 Å². The summed E-state index contributed by atoms with van der Waals surface area (Å²) in [4.78, 5) is 47.5. The minimum Gasteiger partial charge on any atom is -0.390 e. The second kappa shape index (κ2) is 9.39. The van der Waals surface area contributed by atoms with Crippen molar-refractivity contribution in [2.75, 3.05) is 24.7 Å². The summed E-state index contributed by atoms with van der Waals surface area (Å²) >= 11 is 0. The zero-order valence-electron chi connectivity index (χ0n) is 18.8. The highest BCUT2D eigenvalue weighted by Gasteiger charge is 2.59. The number of aromatic amines is 1. The fraction of sp³-hybridized carbons (Fsp3) is 0.526. The molecule has 18 heteroatoms. The topological polar surface area (TPSA) is 228 Å². The van der Waals surface area contributed by atoms with Crippen LogP contribution in [0.2, 0.25) is 0 Å². The molecule has 7 N–H and O–H groups in total. The van der Waals surface area contributed by atoms with E-state index in [1.165, 1.54) is 10.9 Å². The number of fused-ring (bicyclic) bond motifs is 1. The SMILES string of the molecule is Nc1ccn([C@@H]2O[C@H](COOC[C@H]3O[C@@H](n4cnc5c(=O)[nH]c(N)nc54)C[C@@H]3O)[C@@H](O)C2(F)F)c(=O)n1. The fourth-order valence-electron chi connectivity index (χ4n) is 4.13. The number of H-pyrrole nitrogens is 1. The Kier molecular flexibility index (Phi) is 6.38. The number of hydrogen-bond donors (Lipinski definition) is 5. The lowest BCUT2D eigenvalue weighted by Gasteiger charge is -2.20. The number of aromatic nitrogens is 6. The molecule has 3 aromatic rings. The van der Waals surface area contributed by atoms with E-state index in [2.05, 4.69) is 19.9 Å². The molecule has 5 heterocycles. The van der Waals surface area contributed by atoms with Gasteiger partial charge in [-0.2, -0.15) is 18.7 Å². The highest BCUT2D eigenvalue weighted by Crippen LogP contribution is 2.42. The number of ether oxygens (including phenoxy) is 2. The molecule has 2 saturated heterocycles. The van der Waals surface area contributed by atoms with E-state index in [-0.39, 0.29) is 36.0 Å². The van der Waals surface area contributed by atoms with Gasteiger partial charge in [-0.05, 0) is 6.07 Å². The summed E-state index contributed by atoms with van der Waals surface area (Å²) in [6.07, 6.45) is -6.29. The number of hydrogen-bond acceptors (Lipinski definition) is 13. The summed E-state index contributed by atoms with van der Waals surface area (Å²) in [5.74, 6) is -4.13. The Morgan fingerprint density at radius 1 is 1.14 bits per heavy atom. The molecule has 6 atom stereocenters. The Bertz CT molecular complexity index is 1410. The third-order valence-electron chi connectivity index (χ3n) is 6.00. The number of imidazole rings is 1. The maximum Gasteiger partial charge on any atom is 0.351 e. The molecule has 2 aliphatic heterocycles. The molecule has 0 bridgehead atoms. The van der Waals surface area contributed by atoms with Crippen molar-refractivity contribution in [3.05, 3.63) is 39.4 Å². The number of anilines is 2. The zero-order chi connectivity index (χ0) is 26.5. The number of aliphatic hydroxyl groups is 2. The van der Waals surface area contributed by atoms with Crippen LogP contribution in [-0.2, 0) is 19.2 Å². The summed E-state index contributed by atoms with van der Waals surface area (Å²) < 4.78 is 42.0. The molecular weight excluding hydrogens is 506 g/mol. The van der Waals surface area contributed by atoms with E-state index in [9.17, 15) is 28.6 Å². The quantitative estimate of drug-likeness (QED) is 0.127. The second-order valence-corrected chi connectivity index (χ2v) is 8.47. The highest BCUT2D eigenvalue weighted by molar-refractivity contribution is 5.70. The first-order valence-electron chi connectivity index (χ1n) is 10.9. The molecular formula is C19H22F2N8O8. The number of nitrogens with one attached hydrogen (secondary N) is 1. The van der Waals surface area contributed by atoms with E-state index in [1.807, 2.05) is 0 Å². The van der Waals surface area contributed by atoms with Crippen LogP contribution in [0.4, 0.5) is 20.5 Å². The van der Waals surface area contributed by atoms with Crippen LogP contribution in [0.3, 0.4) is 0 Å². The first-order chi connectivity index (χ1) is 17.6. The van der Waals surface area contributed by atoms with Crippen molar-refractivity contribution in [1.82, 2.24) is 29.1 Å². The number of alkyl halides is 2. The van der Waals surface area contributed by atoms with Crippen molar-refractivity contribution in [3.8, 4) is 0 Å². The molecule has 0 aliphatic carbocycles. The van der Waals surface area contributed by atoms with Gasteiger partial charge < -0.3 is 31.2 Å². The van der Waals surface area contributed by atoms with Crippen LogP contribution in [0, 0.1) is 0 Å². The highest BCUT2D eigenvalue weighted by atomic mass is 19.3. The second-order valence-electron chi connectivity index (χ2n) is 8.47. The van der Waals surface area contributed by atoms with Crippen molar-refractivity contribution in [3.63, 3.8) is 0 Å². The average molecular weight is 528 g/mol. The number of nitrogen functional groups attached to an aromatic ring is 2. The molecule has 16 nitrogen and oxygen atoms in total. The lowest BCUT2D eigenvalue weighted by Crippen LogP contribution is -2.42. The minimum absolute atomic E-state index is 0.0394. The van der Waals surface area contributed by atoms with Crippen LogP contribution in [0.25, 0.3) is 11.2 Å². The van der Waals surface area contributed by atoms with Gasteiger partial charge in [-0.1, -0.05) is 0 Å². The van der Waals surface area contributed by atoms with Crippen LogP contribution in [-0.4, -0.2) is 82.8 Å². The molecule has 0 spiro atoms. The zero-order valence-corrected chi connectivity index (χ0v) is 18.8. The van der Waals surface area contributed by atoms with Gasteiger partial charge in [-0.25, -0.2) is 19.6 Å². The maximum absolute atomic E-state index is 14.6. The van der Waals surface area contributed by atoms with E-state index < -0.39 is 60.7 Å². The van der Waals surface area contributed by atoms with Gasteiger partial charge in [-0.15, -0.1) is 0 Å². The predicted octanol–water partition coefficient (Wildman–Crippen LogP) is -1.97. The summed E-state index contributed by atoms with van der Waals surface area (Å²) in [7, 11) is 0. The van der Waals surface area contributed by atoms with Gasteiger partial charge in [-0.3, -0.25) is 18.9 Å². The lowest BCUT2D eigenvalue weighted by atomic mass is 10.1. The van der Waals surface area contributed by atoms with Crippen LogP contribution in [0.5, 0.6) is 0 Å². The van der Waals surface area contributed by atoms with Gasteiger partial charge in [0.25, 0.3) is 5.56 Å². The first kappa shape index (κ1) is 25.1. The molecule has 0 aromatic carbocycles.